The van der Waals surface area contributed by atoms with Crippen LogP contribution in [0, 0.1) is 0 Å². The van der Waals surface area contributed by atoms with Crippen molar-refractivity contribution >= 4 is 16.8 Å². The van der Waals surface area contributed by atoms with Crippen LogP contribution in [0.4, 0.5) is 0 Å². The first-order valence-electron chi connectivity index (χ1n) is 6.71. The molecule has 0 amide bonds. The molecule has 4 rings (SSSR count). The smallest absolute Gasteiger partial charge is 0.273 e. The average Bonchev–Trinajstić information content (AvgIpc) is 3.05. The van der Waals surface area contributed by atoms with Gasteiger partial charge in [-0.2, -0.15) is 5.10 Å². The van der Waals surface area contributed by atoms with E-state index >= 15 is 0 Å². The fourth-order valence-corrected chi connectivity index (χ4v) is 3.06. The van der Waals surface area contributed by atoms with Crippen molar-refractivity contribution in [2.24, 2.45) is 0 Å². The minimum atomic E-state index is -0.506. The van der Waals surface area contributed by atoms with Crippen LogP contribution in [0.5, 0.6) is 0 Å². The highest BCUT2D eigenvalue weighted by molar-refractivity contribution is 6.67. The molecule has 21 heavy (non-hydrogen) atoms. The predicted molar refractivity (Wildman–Crippen MR) is 82.0 cm³/mol. The van der Waals surface area contributed by atoms with E-state index in [0.29, 0.717) is 12.1 Å². The van der Waals surface area contributed by atoms with Crippen LogP contribution >= 0.6 is 11.6 Å². The maximum atomic E-state index is 11.7. The normalized spacial score (nSPS) is 12.0. The van der Waals surface area contributed by atoms with Gasteiger partial charge in [0.05, 0.1) is 11.4 Å². The number of hydrogen-bond donors (Lipinski definition) is 0. The molecule has 1 aliphatic carbocycles. The van der Waals surface area contributed by atoms with Gasteiger partial charge in [0.1, 0.15) is 5.69 Å². The SMILES string of the molecule is O=C(Cl)c1nn(-c2ccccc2)c2c1Cc1ccccc1-2. The van der Waals surface area contributed by atoms with E-state index in [1.54, 1.807) is 0 Å². The highest BCUT2D eigenvalue weighted by Gasteiger charge is 2.29. The lowest BCUT2D eigenvalue weighted by Gasteiger charge is -2.07. The zero-order valence-electron chi connectivity index (χ0n) is 11.1. The molecule has 102 valence electrons. The molecule has 1 aliphatic rings. The van der Waals surface area contributed by atoms with Gasteiger partial charge in [-0.15, -0.1) is 0 Å². The summed E-state index contributed by atoms with van der Waals surface area (Å²) >= 11 is 5.72. The third-order valence-electron chi connectivity index (χ3n) is 3.81. The summed E-state index contributed by atoms with van der Waals surface area (Å²) in [7, 11) is 0. The number of nitrogens with zero attached hydrogens (tertiary/aromatic N) is 2. The molecular weight excluding hydrogens is 284 g/mol. The largest absolute Gasteiger partial charge is 0.274 e. The molecule has 0 radical (unpaired) electrons. The van der Waals surface area contributed by atoms with Crippen LogP contribution in [0.3, 0.4) is 0 Å². The number of aromatic nitrogens is 2. The Labute approximate surface area is 126 Å². The predicted octanol–water partition coefficient (Wildman–Crippen LogP) is 3.82. The number of carbonyl (C=O) groups is 1. The number of fused-ring (bicyclic) bond motifs is 3. The molecular formula is C17H11ClN2O. The minimum Gasteiger partial charge on any atom is -0.274 e. The fourth-order valence-electron chi connectivity index (χ4n) is 2.90. The van der Waals surface area contributed by atoms with Gasteiger partial charge in [0.15, 0.2) is 0 Å². The van der Waals surface area contributed by atoms with Crippen molar-refractivity contribution in [2.75, 3.05) is 0 Å². The molecule has 0 spiro atoms. The molecule has 0 fully saturated rings. The number of hydrogen-bond acceptors (Lipinski definition) is 2. The van der Waals surface area contributed by atoms with Crippen LogP contribution in [0.1, 0.15) is 21.6 Å². The Bertz CT molecular complexity index is 852. The second-order valence-corrected chi connectivity index (χ2v) is 5.37. The molecule has 0 N–H and O–H groups in total. The molecule has 0 aliphatic heterocycles. The van der Waals surface area contributed by atoms with Gasteiger partial charge in [0, 0.05) is 17.5 Å². The van der Waals surface area contributed by atoms with Gasteiger partial charge in [-0.3, -0.25) is 4.79 Å². The van der Waals surface area contributed by atoms with Crippen molar-refractivity contribution in [1.82, 2.24) is 9.78 Å². The van der Waals surface area contributed by atoms with E-state index < -0.39 is 5.24 Å². The molecule has 0 unspecified atom stereocenters. The summed E-state index contributed by atoms with van der Waals surface area (Å²) in [4.78, 5) is 11.7. The van der Waals surface area contributed by atoms with Crippen LogP contribution in [0.15, 0.2) is 54.6 Å². The summed E-state index contributed by atoms with van der Waals surface area (Å²) in [5, 5.41) is 3.93. The summed E-state index contributed by atoms with van der Waals surface area (Å²) in [5.41, 5.74) is 5.49. The highest BCUT2D eigenvalue weighted by Crippen LogP contribution is 2.39. The third-order valence-corrected chi connectivity index (χ3v) is 3.99. The van der Waals surface area contributed by atoms with Gasteiger partial charge < -0.3 is 0 Å². The van der Waals surface area contributed by atoms with Gasteiger partial charge in [-0.05, 0) is 29.3 Å². The Balaban J connectivity index is 2.03. The van der Waals surface area contributed by atoms with Crippen LogP contribution in [-0.2, 0) is 6.42 Å². The first kappa shape index (κ1) is 12.4. The maximum Gasteiger partial charge on any atom is 0.273 e. The topological polar surface area (TPSA) is 34.9 Å². The fraction of sp³-hybridized carbons (Fsp3) is 0.0588. The van der Waals surface area contributed by atoms with Crippen LogP contribution in [0.25, 0.3) is 16.9 Å². The lowest BCUT2D eigenvalue weighted by atomic mass is 10.1. The van der Waals surface area contributed by atoms with Crippen molar-refractivity contribution in [2.45, 2.75) is 6.42 Å². The van der Waals surface area contributed by atoms with Crippen molar-refractivity contribution in [1.29, 1.82) is 0 Å². The molecule has 0 atom stereocenters. The van der Waals surface area contributed by atoms with Gasteiger partial charge >= 0.3 is 0 Å². The Morgan fingerprint density at radius 3 is 2.52 bits per heavy atom. The summed E-state index contributed by atoms with van der Waals surface area (Å²) in [5.74, 6) is 0. The van der Waals surface area contributed by atoms with Gasteiger partial charge in [0.25, 0.3) is 5.24 Å². The zero-order chi connectivity index (χ0) is 14.4. The second kappa shape index (κ2) is 4.57. The molecule has 0 saturated carbocycles. The Morgan fingerprint density at radius 1 is 1.05 bits per heavy atom. The van der Waals surface area contributed by atoms with Crippen LogP contribution in [-0.4, -0.2) is 15.0 Å². The lowest BCUT2D eigenvalue weighted by Crippen LogP contribution is -2.01. The first-order chi connectivity index (χ1) is 10.3. The zero-order valence-corrected chi connectivity index (χ0v) is 11.8. The molecule has 3 aromatic rings. The van der Waals surface area contributed by atoms with Crippen LogP contribution < -0.4 is 0 Å². The van der Waals surface area contributed by atoms with Crippen molar-refractivity contribution in [3.8, 4) is 16.9 Å². The Morgan fingerprint density at radius 2 is 1.76 bits per heavy atom. The first-order valence-corrected chi connectivity index (χ1v) is 7.09. The standard InChI is InChI=1S/C17H11ClN2O/c18-17(21)15-14-10-11-6-4-5-9-13(11)16(14)20(19-15)12-7-2-1-3-8-12/h1-9H,10H2. The van der Waals surface area contributed by atoms with E-state index in [1.165, 1.54) is 5.56 Å². The Hall–Kier alpha value is -2.39. The van der Waals surface area contributed by atoms with Gasteiger partial charge in [0.2, 0.25) is 0 Å². The molecule has 0 bridgehead atoms. The van der Waals surface area contributed by atoms with Crippen molar-refractivity contribution < 1.29 is 4.79 Å². The summed E-state index contributed by atoms with van der Waals surface area (Å²) in [6, 6.07) is 17.9. The van der Waals surface area contributed by atoms with Crippen molar-refractivity contribution in [3.05, 3.63) is 71.4 Å². The monoisotopic (exact) mass is 294 g/mol. The maximum absolute atomic E-state index is 11.7. The minimum absolute atomic E-state index is 0.353. The van der Waals surface area contributed by atoms with E-state index in [0.717, 1.165) is 22.5 Å². The quantitative estimate of drug-likeness (QED) is 0.527. The van der Waals surface area contributed by atoms with Crippen LogP contribution in [0.2, 0.25) is 0 Å². The van der Waals surface area contributed by atoms with E-state index in [-0.39, 0.29) is 0 Å². The molecule has 1 aromatic heterocycles. The van der Waals surface area contributed by atoms with E-state index in [2.05, 4.69) is 17.2 Å². The molecule has 4 heteroatoms. The summed E-state index contributed by atoms with van der Waals surface area (Å²) in [6.07, 6.45) is 0.701. The number of halogens is 1. The van der Waals surface area contributed by atoms with E-state index in [4.69, 9.17) is 11.6 Å². The lowest BCUT2D eigenvalue weighted by molar-refractivity contribution is 0.107. The molecule has 2 aromatic carbocycles. The highest BCUT2D eigenvalue weighted by atomic mass is 35.5. The number of rotatable bonds is 2. The van der Waals surface area contributed by atoms with E-state index in [9.17, 15) is 4.79 Å². The summed E-state index contributed by atoms with van der Waals surface area (Å²) < 4.78 is 1.82. The van der Waals surface area contributed by atoms with E-state index in [1.807, 2.05) is 47.1 Å². The third kappa shape index (κ3) is 1.82. The number of carbonyl (C=O) groups excluding carboxylic acids is 1. The molecule has 0 saturated heterocycles. The Kier molecular flexibility index (Phi) is 2.69. The average molecular weight is 295 g/mol. The molecule has 1 heterocycles. The number of benzene rings is 2. The summed E-state index contributed by atoms with van der Waals surface area (Å²) in [6.45, 7) is 0. The second-order valence-electron chi connectivity index (χ2n) is 5.03. The van der Waals surface area contributed by atoms with Gasteiger partial charge in [-0.25, -0.2) is 4.68 Å². The van der Waals surface area contributed by atoms with Crippen molar-refractivity contribution in [3.63, 3.8) is 0 Å². The number of para-hydroxylation sites is 1. The molecule has 3 nitrogen and oxygen atoms in total. The van der Waals surface area contributed by atoms with Gasteiger partial charge in [-0.1, -0.05) is 42.5 Å².